The largest absolute Gasteiger partial charge is 0.405 e. The average molecular weight is 490 g/mol. The number of benzene rings is 2. The highest BCUT2D eigenvalue weighted by atomic mass is 35.5. The molecule has 0 heterocycles. The van der Waals surface area contributed by atoms with Gasteiger partial charge in [0.15, 0.2) is 0 Å². The molecule has 2 rings (SSSR count). The lowest BCUT2D eigenvalue weighted by molar-refractivity contribution is -0.123. The summed E-state index contributed by atoms with van der Waals surface area (Å²) in [5.41, 5.74) is 0.252. The van der Waals surface area contributed by atoms with E-state index in [4.69, 9.17) is 23.2 Å². The SMILES string of the molecule is CC(C)C(NC(=O)c1ccc(Cl)cc1Cl)C(=O)Nc1cccc(C(=O)NCC(F)(F)F)c1. The van der Waals surface area contributed by atoms with E-state index in [1.54, 1.807) is 19.2 Å². The molecule has 172 valence electrons. The molecular formula is C21H20Cl2F3N3O3. The molecule has 0 fully saturated rings. The molecule has 0 aliphatic heterocycles. The topological polar surface area (TPSA) is 87.3 Å². The van der Waals surface area contributed by atoms with E-state index in [0.29, 0.717) is 5.02 Å². The summed E-state index contributed by atoms with van der Waals surface area (Å²) in [4.78, 5) is 37.3. The van der Waals surface area contributed by atoms with Crippen molar-refractivity contribution in [3.8, 4) is 0 Å². The second-order valence-corrected chi connectivity index (χ2v) is 8.03. The first-order valence-electron chi connectivity index (χ1n) is 9.39. The van der Waals surface area contributed by atoms with Gasteiger partial charge < -0.3 is 16.0 Å². The number of hydrogen-bond acceptors (Lipinski definition) is 3. The van der Waals surface area contributed by atoms with Gasteiger partial charge in [0.1, 0.15) is 12.6 Å². The van der Waals surface area contributed by atoms with Gasteiger partial charge in [-0.15, -0.1) is 0 Å². The molecule has 6 nitrogen and oxygen atoms in total. The fourth-order valence-corrected chi connectivity index (χ4v) is 3.16. The van der Waals surface area contributed by atoms with E-state index in [1.807, 2.05) is 0 Å². The second kappa shape index (κ2) is 10.7. The molecule has 0 saturated carbocycles. The van der Waals surface area contributed by atoms with Crippen LogP contribution in [0.1, 0.15) is 34.6 Å². The molecule has 0 spiro atoms. The molecule has 0 aromatic heterocycles. The summed E-state index contributed by atoms with van der Waals surface area (Å²) < 4.78 is 36.9. The number of rotatable bonds is 7. The highest BCUT2D eigenvalue weighted by Crippen LogP contribution is 2.21. The van der Waals surface area contributed by atoms with Gasteiger partial charge in [-0.1, -0.05) is 43.1 Å². The monoisotopic (exact) mass is 489 g/mol. The first kappa shape index (κ1) is 25.5. The Kier molecular flexibility index (Phi) is 8.51. The van der Waals surface area contributed by atoms with E-state index < -0.39 is 36.5 Å². The zero-order valence-electron chi connectivity index (χ0n) is 17.0. The number of amides is 3. The van der Waals surface area contributed by atoms with Gasteiger partial charge in [0.2, 0.25) is 5.91 Å². The molecule has 0 saturated heterocycles. The van der Waals surface area contributed by atoms with Gasteiger partial charge in [-0.05, 0) is 42.3 Å². The van der Waals surface area contributed by atoms with E-state index in [9.17, 15) is 27.6 Å². The third-order valence-electron chi connectivity index (χ3n) is 4.25. The lowest BCUT2D eigenvalue weighted by Crippen LogP contribution is -2.47. The van der Waals surface area contributed by atoms with Crippen molar-refractivity contribution < 1.29 is 27.6 Å². The molecule has 11 heteroatoms. The van der Waals surface area contributed by atoms with Crippen molar-refractivity contribution in [2.24, 2.45) is 5.92 Å². The number of anilines is 1. The molecule has 2 aromatic rings. The van der Waals surface area contributed by atoms with Crippen LogP contribution < -0.4 is 16.0 Å². The normalized spacial score (nSPS) is 12.2. The number of carbonyl (C=O) groups is 3. The van der Waals surface area contributed by atoms with Gasteiger partial charge in [0.05, 0.1) is 10.6 Å². The number of nitrogens with one attached hydrogen (secondary N) is 3. The number of halogens is 5. The molecule has 3 N–H and O–H groups in total. The van der Waals surface area contributed by atoms with Crippen LogP contribution in [0.2, 0.25) is 10.0 Å². The van der Waals surface area contributed by atoms with Crippen LogP contribution in [-0.2, 0) is 4.79 Å². The van der Waals surface area contributed by atoms with E-state index in [1.165, 1.54) is 42.5 Å². The first-order valence-corrected chi connectivity index (χ1v) is 10.1. The van der Waals surface area contributed by atoms with Crippen LogP contribution in [0.15, 0.2) is 42.5 Å². The van der Waals surface area contributed by atoms with Crippen LogP contribution >= 0.6 is 23.2 Å². The quantitative estimate of drug-likeness (QED) is 0.527. The second-order valence-electron chi connectivity index (χ2n) is 7.19. The molecule has 3 amide bonds. The van der Waals surface area contributed by atoms with Gasteiger partial charge in [0, 0.05) is 16.3 Å². The standard InChI is InChI=1S/C21H20Cl2F3N3O3/c1-11(2)17(29-19(31)15-7-6-13(22)9-16(15)23)20(32)28-14-5-3-4-12(8-14)18(30)27-10-21(24,25)26/h3-9,11,17H,10H2,1-2H3,(H,27,30)(H,28,32)(H,29,31). The zero-order valence-corrected chi connectivity index (χ0v) is 18.5. The van der Waals surface area contributed by atoms with Gasteiger partial charge in [-0.2, -0.15) is 13.2 Å². The Bertz CT molecular complexity index is 1010. The highest BCUT2D eigenvalue weighted by molar-refractivity contribution is 6.36. The average Bonchev–Trinajstić information content (AvgIpc) is 2.69. The smallest absolute Gasteiger partial charge is 0.343 e. The third-order valence-corrected chi connectivity index (χ3v) is 4.80. The maximum absolute atomic E-state index is 12.8. The summed E-state index contributed by atoms with van der Waals surface area (Å²) >= 11 is 11.9. The highest BCUT2D eigenvalue weighted by Gasteiger charge is 2.28. The fraction of sp³-hybridized carbons (Fsp3) is 0.286. The summed E-state index contributed by atoms with van der Waals surface area (Å²) in [6.45, 7) is 1.96. The Hall–Kier alpha value is -2.78. The van der Waals surface area contributed by atoms with Crippen molar-refractivity contribution >= 4 is 46.6 Å². The molecule has 0 bridgehead atoms. The van der Waals surface area contributed by atoms with Crippen molar-refractivity contribution in [3.05, 3.63) is 63.6 Å². The molecule has 2 aromatic carbocycles. The number of alkyl halides is 3. The minimum absolute atomic E-state index is 0.0647. The van der Waals surface area contributed by atoms with Gasteiger partial charge in [-0.25, -0.2) is 0 Å². The third kappa shape index (κ3) is 7.42. The molecular weight excluding hydrogens is 470 g/mol. The lowest BCUT2D eigenvalue weighted by Gasteiger charge is -2.22. The van der Waals surface area contributed by atoms with Crippen LogP contribution in [0, 0.1) is 5.92 Å². The summed E-state index contributed by atoms with van der Waals surface area (Å²) in [6.07, 6.45) is -4.54. The Morgan fingerprint density at radius 2 is 1.69 bits per heavy atom. The van der Waals surface area contributed by atoms with Crippen molar-refractivity contribution in [2.75, 3.05) is 11.9 Å². The molecule has 0 radical (unpaired) electrons. The van der Waals surface area contributed by atoms with E-state index in [0.717, 1.165) is 0 Å². The Morgan fingerprint density at radius 3 is 2.28 bits per heavy atom. The summed E-state index contributed by atoms with van der Waals surface area (Å²) in [5, 5.41) is 7.40. The van der Waals surface area contributed by atoms with Crippen LogP contribution in [-0.4, -0.2) is 36.5 Å². The molecule has 1 unspecified atom stereocenters. The Labute approximate surface area is 192 Å². The van der Waals surface area contributed by atoms with Crippen LogP contribution in [0.25, 0.3) is 0 Å². The molecule has 32 heavy (non-hydrogen) atoms. The number of hydrogen-bond donors (Lipinski definition) is 3. The van der Waals surface area contributed by atoms with Gasteiger partial charge >= 0.3 is 6.18 Å². The predicted octanol–water partition coefficient (Wildman–Crippen LogP) is 4.68. The van der Waals surface area contributed by atoms with Crippen molar-refractivity contribution in [1.82, 2.24) is 10.6 Å². The summed E-state index contributed by atoms with van der Waals surface area (Å²) in [7, 11) is 0. The fourth-order valence-electron chi connectivity index (χ4n) is 2.67. The number of carbonyl (C=O) groups excluding carboxylic acids is 3. The summed E-state index contributed by atoms with van der Waals surface area (Å²) in [6, 6.07) is 8.78. The van der Waals surface area contributed by atoms with Crippen LogP contribution in [0.3, 0.4) is 0 Å². The molecule has 0 aliphatic carbocycles. The zero-order chi connectivity index (χ0) is 24.1. The maximum atomic E-state index is 12.8. The predicted molar refractivity (Wildman–Crippen MR) is 116 cm³/mol. The first-order chi connectivity index (χ1) is 14.9. The molecule has 1 atom stereocenters. The maximum Gasteiger partial charge on any atom is 0.405 e. The van der Waals surface area contributed by atoms with E-state index in [-0.39, 0.29) is 27.8 Å². The van der Waals surface area contributed by atoms with Gasteiger partial charge in [0.25, 0.3) is 11.8 Å². The van der Waals surface area contributed by atoms with E-state index >= 15 is 0 Å². The Morgan fingerprint density at radius 1 is 1.00 bits per heavy atom. The summed E-state index contributed by atoms with van der Waals surface area (Å²) in [5.74, 6) is -2.42. The van der Waals surface area contributed by atoms with Crippen molar-refractivity contribution in [1.29, 1.82) is 0 Å². The van der Waals surface area contributed by atoms with Crippen molar-refractivity contribution in [3.63, 3.8) is 0 Å². The van der Waals surface area contributed by atoms with Gasteiger partial charge in [-0.3, -0.25) is 14.4 Å². The Balaban J connectivity index is 2.11. The van der Waals surface area contributed by atoms with Crippen LogP contribution in [0.4, 0.5) is 18.9 Å². The molecule has 0 aliphatic rings. The van der Waals surface area contributed by atoms with E-state index in [2.05, 4.69) is 10.6 Å². The van der Waals surface area contributed by atoms with Crippen molar-refractivity contribution in [2.45, 2.75) is 26.1 Å². The minimum atomic E-state index is -4.54. The van der Waals surface area contributed by atoms with Crippen LogP contribution in [0.5, 0.6) is 0 Å². The lowest BCUT2D eigenvalue weighted by atomic mass is 10.0. The minimum Gasteiger partial charge on any atom is -0.343 e.